The SMILES string of the molecule is CNc1cc(C)nc(Nc2ccc(OC)c(-c3cc(C)cc4[nH]ccc34)c2)n1. The maximum Gasteiger partial charge on any atom is 0.229 e. The standard InChI is InChI=1S/C22H23N5O/c1-13-9-17(16-7-8-24-19(16)10-13)18-12-15(5-6-20(18)28-4)26-22-25-14(2)11-21(23-3)27-22/h5-12,24H,1-4H3,(H2,23,25,26,27). The maximum atomic E-state index is 5.65. The van der Waals surface area contributed by atoms with Crippen LogP contribution in [0.25, 0.3) is 22.0 Å². The van der Waals surface area contributed by atoms with Crippen LogP contribution in [0.5, 0.6) is 5.75 Å². The van der Waals surface area contributed by atoms with Gasteiger partial charge in [-0.15, -0.1) is 0 Å². The van der Waals surface area contributed by atoms with E-state index in [0.29, 0.717) is 5.95 Å². The summed E-state index contributed by atoms with van der Waals surface area (Å²) in [6.07, 6.45) is 1.96. The van der Waals surface area contributed by atoms with E-state index in [1.807, 2.05) is 38.4 Å². The highest BCUT2D eigenvalue weighted by atomic mass is 16.5. The first-order valence-corrected chi connectivity index (χ1v) is 9.14. The second kappa shape index (κ2) is 7.23. The number of aromatic amines is 1. The van der Waals surface area contributed by atoms with Crippen molar-refractivity contribution in [3.05, 3.63) is 59.9 Å². The van der Waals surface area contributed by atoms with Crippen LogP contribution in [-0.4, -0.2) is 29.1 Å². The van der Waals surface area contributed by atoms with Crippen molar-refractivity contribution in [2.45, 2.75) is 13.8 Å². The molecule has 0 bridgehead atoms. The van der Waals surface area contributed by atoms with Gasteiger partial charge in [0.2, 0.25) is 5.95 Å². The molecule has 0 radical (unpaired) electrons. The number of nitrogens with zero attached hydrogens (tertiary/aromatic N) is 2. The van der Waals surface area contributed by atoms with Gasteiger partial charge in [-0.2, -0.15) is 4.98 Å². The second-order valence-corrected chi connectivity index (χ2v) is 6.76. The van der Waals surface area contributed by atoms with Gasteiger partial charge in [0.1, 0.15) is 11.6 Å². The van der Waals surface area contributed by atoms with Gasteiger partial charge in [0.25, 0.3) is 0 Å². The van der Waals surface area contributed by atoms with E-state index in [1.54, 1.807) is 7.11 Å². The van der Waals surface area contributed by atoms with Crippen LogP contribution in [0.2, 0.25) is 0 Å². The molecule has 4 aromatic rings. The fourth-order valence-electron chi connectivity index (χ4n) is 3.41. The van der Waals surface area contributed by atoms with E-state index in [1.165, 1.54) is 5.56 Å². The predicted molar refractivity (Wildman–Crippen MR) is 115 cm³/mol. The molecule has 0 amide bonds. The van der Waals surface area contributed by atoms with E-state index in [4.69, 9.17) is 4.74 Å². The van der Waals surface area contributed by atoms with Crippen LogP contribution in [0.3, 0.4) is 0 Å². The van der Waals surface area contributed by atoms with Crippen LogP contribution in [0, 0.1) is 13.8 Å². The van der Waals surface area contributed by atoms with Gasteiger partial charge in [-0.3, -0.25) is 0 Å². The molecule has 6 heteroatoms. The van der Waals surface area contributed by atoms with Crippen molar-refractivity contribution in [3.63, 3.8) is 0 Å². The Labute approximate surface area is 164 Å². The average molecular weight is 373 g/mol. The molecule has 0 atom stereocenters. The Morgan fingerprint density at radius 1 is 0.964 bits per heavy atom. The summed E-state index contributed by atoms with van der Waals surface area (Å²) in [6, 6.07) is 14.3. The van der Waals surface area contributed by atoms with Gasteiger partial charge in [0.15, 0.2) is 0 Å². The number of nitrogens with one attached hydrogen (secondary N) is 3. The lowest BCUT2D eigenvalue weighted by atomic mass is 9.98. The number of benzene rings is 2. The number of fused-ring (bicyclic) bond motifs is 1. The molecule has 0 aliphatic heterocycles. The largest absolute Gasteiger partial charge is 0.496 e. The van der Waals surface area contributed by atoms with E-state index < -0.39 is 0 Å². The molecule has 0 saturated carbocycles. The molecule has 0 saturated heterocycles. The Morgan fingerprint density at radius 2 is 1.82 bits per heavy atom. The third-order valence-corrected chi connectivity index (χ3v) is 4.67. The van der Waals surface area contributed by atoms with Crippen LogP contribution >= 0.6 is 0 Å². The molecule has 28 heavy (non-hydrogen) atoms. The van der Waals surface area contributed by atoms with E-state index in [9.17, 15) is 0 Å². The number of ether oxygens (including phenoxy) is 1. The molecule has 6 nitrogen and oxygen atoms in total. The molecule has 2 aromatic heterocycles. The summed E-state index contributed by atoms with van der Waals surface area (Å²) in [5.41, 5.74) is 6.22. The Morgan fingerprint density at radius 3 is 2.61 bits per heavy atom. The Hall–Kier alpha value is -3.54. The predicted octanol–water partition coefficient (Wildman–Crippen LogP) is 5.04. The maximum absolute atomic E-state index is 5.65. The monoisotopic (exact) mass is 373 g/mol. The number of aryl methyl sites for hydroxylation is 2. The lowest BCUT2D eigenvalue weighted by Crippen LogP contribution is -2.02. The summed E-state index contributed by atoms with van der Waals surface area (Å²) in [5.74, 6) is 2.15. The lowest BCUT2D eigenvalue weighted by Gasteiger charge is -2.14. The van der Waals surface area contributed by atoms with Crippen molar-refractivity contribution in [2.75, 3.05) is 24.8 Å². The third-order valence-electron chi connectivity index (χ3n) is 4.67. The quantitative estimate of drug-likeness (QED) is 0.457. The molecular weight excluding hydrogens is 350 g/mol. The van der Waals surface area contributed by atoms with Gasteiger partial charge in [0, 0.05) is 47.2 Å². The van der Waals surface area contributed by atoms with Crippen molar-refractivity contribution < 1.29 is 4.74 Å². The van der Waals surface area contributed by atoms with Gasteiger partial charge in [-0.05, 0) is 55.3 Å². The molecule has 142 valence electrons. The summed E-state index contributed by atoms with van der Waals surface area (Å²) in [6.45, 7) is 4.04. The smallest absolute Gasteiger partial charge is 0.229 e. The van der Waals surface area contributed by atoms with Crippen LogP contribution in [0.4, 0.5) is 17.5 Å². The van der Waals surface area contributed by atoms with Crippen molar-refractivity contribution in [1.82, 2.24) is 15.0 Å². The summed E-state index contributed by atoms with van der Waals surface area (Å²) >= 11 is 0. The normalized spacial score (nSPS) is 10.9. The second-order valence-electron chi connectivity index (χ2n) is 6.76. The number of methoxy groups -OCH3 is 1. The van der Waals surface area contributed by atoms with Gasteiger partial charge in [-0.25, -0.2) is 4.98 Å². The minimum Gasteiger partial charge on any atom is -0.496 e. The molecule has 0 unspecified atom stereocenters. The molecule has 0 aliphatic carbocycles. The van der Waals surface area contributed by atoms with Crippen LogP contribution in [0.1, 0.15) is 11.3 Å². The molecule has 0 fully saturated rings. The van der Waals surface area contributed by atoms with E-state index in [0.717, 1.165) is 45.0 Å². The zero-order valence-corrected chi connectivity index (χ0v) is 16.4. The summed E-state index contributed by atoms with van der Waals surface area (Å²) < 4.78 is 5.65. The lowest BCUT2D eigenvalue weighted by molar-refractivity contribution is 0.416. The summed E-state index contributed by atoms with van der Waals surface area (Å²) in [5, 5.41) is 7.53. The zero-order chi connectivity index (χ0) is 19.7. The number of anilines is 3. The topological polar surface area (TPSA) is 74.9 Å². The van der Waals surface area contributed by atoms with Crippen molar-refractivity contribution in [1.29, 1.82) is 0 Å². The van der Waals surface area contributed by atoms with Crippen LogP contribution in [-0.2, 0) is 0 Å². The van der Waals surface area contributed by atoms with Gasteiger partial charge >= 0.3 is 0 Å². The van der Waals surface area contributed by atoms with E-state index in [-0.39, 0.29) is 0 Å². The van der Waals surface area contributed by atoms with Gasteiger partial charge in [-0.1, -0.05) is 6.07 Å². The first-order chi connectivity index (χ1) is 13.6. The molecule has 3 N–H and O–H groups in total. The molecule has 2 aromatic carbocycles. The zero-order valence-electron chi connectivity index (χ0n) is 16.4. The van der Waals surface area contributed by atoms with Gasteiger partial charge < -0.3 is 20.4 Å². The van der Waals surface area contributed by atoms with Crippen LogP contribution in [0.15, 0.2) is 48.7 Å². The molecular formula is C22H23N5O. The highest BCUT2D eigenvalue weighted by molar-refractivity contribution is 5.97. The third kappa shape index (κ3) is 3.36. The number of hydrogen-bond acceptors (Lipinski definition) is 5. The van der Waals surface area contributed by atoms with E-state index in [2.05, 4.69) is 56.8 Å². The van der Waals surface area contributed by atoms with Crippen molar-refractivity contribution in [3.8, 4) is 16.9 Å². The number of H-pyrrole nitrogens is 1. The summed E-state index contributed by atoms with van der Waals surface area (Å²) in [4.78, 5) is 12.3. The van der Waals surface area contributed by atoms with Crippen molar-refractivity contribution >= 4 is 28.4 Å². The Bertz CT molecular complexity index is 1150. The minimum atomic E-state index is 0.552. The molecule has 4 rings (SSSR count). The minimum absolute atomic E-state index is 0.552. The highest BCUT2D eigenvalue weighted by Crippen LogP contribution is 2.37. The Kier molecular flexibility index (Phi) is 4.61. The Balaban J connectivity index is 1.80. The molecule has 0 aliphatic rings. The van der Waals surface area contributed by atoms with Crippen LogP contribution < -0.4 is 15.4 Å². The average Bonchev–Trinajstić information content (AvgIpc) is 3.15. The van der Waals surface area contributed by atoms with Gasteiger partial charge in [0.05, 0.1) is 7.11 Å². The first-order valence-electron chi connectivity index (χ1n) is 9.14. The fraction of sp³-hybridized carbons (Fsp3) is 0.182. The molecule has 2 heterocycles. The number of rotatable bonds is 5. The molecule has 0 spiro atoms. The fourth-order valence-corrected chi connectivity index (χ4v) is 3.41. The van der Waals surface area contributed by atoms with E-state index >= 15 is 0 Å². The first kappa shape index (κ1) is 17.9. The number of aromatic nitrogens is 3. The summed E-state index contributed by atoms with van der Waals surface area (Å²) in [7, 11) is 3.54. The van der Waals surface area contributed by atoms with Crippen molar-refractivity contribution in [2.24, 2.45) is 0 Å². The number of hydrogen-bond donors (Lipinski definition) is 3. The highest BCUT2D eigenvalue weighted by Gasteiger charge is 2.13.